The number of ether oxygens (including phenoxy) is 2. The third-order valence-electron chi connectivity index (χ3n) is 3.51. The van der Waals surface area contributed by atoms with E-state index in [1.807, 2.05) is 6.07 Å². The van der Waals surface area contributed by atoms with Crippen LogP contribution in [0.25, 0.3) is 11.3 Å². The van der Waals surface area contributed by atoms with E-state index in [9.17, 15) is 8.78 Å². The van der Waals surface area contributed by atoms with Crippen LogP contribution < -0.4 is 9.47 Å². The molecule has 0 aliphatic heterocycles. The van der Waals surface area contributed by atoms with Gasteiger partial charge in [-0.1, -0.05) is 12.1 Å². The molecule has 2 heterocycles. The minimum atomic E-state index is -2.92. The highest BCUT2D eigenvalue weighted by Gasteiger charge is 2.13. The highest BCUT2D eigenvalue weighted by atomic mass is 19.3. The summed E-state index contributed by atoms with van der Waals surface area (Å²) in [6, 6.07) is 7.98. The summed E-state index contributed by atoms with van der Waals surface area (Å²) in [5.41, 5.74) is 2.26. The second kappa shape index (κ2) is 8.14. The Kier molecular flexibility index (Phi) is 5.47. The Balaban J connectivity index is 1.92. The molecular formula is C18H13F2N5O2. The van der Waals surface area contributed by atoms with Crippen LogP contribution in [-0.4, -0.2) is 33.7 Å². The average molecular weight is 369 g/mol. The molecule has 0 fully saturated rings. The van der Waals surface area contributed by atoms with Crippen molar-refractivity contribution in [1.82, 2.24) is 19.9 Å². The van der Waals surface area contributed by atoms with E-state index in [1.165, 1.54) is 31.6 Å². The van der Waals surface area contributed by atoms with Gasteiger partial charge in [-0.25, -0.2) is 19.9 Å². The molecule has 0 radical (unpaired) electrons. The van der Waals surface area contributed by atoms with Crippen molar-refractivity contribution in [1.29, 1.82) is 5.26 Å². The molecule has 9 heteroatoms. The van der Waals surface area contributed by atoms with Crippen LogP contribution in [0.1, 0.15) is 17.1 Å². The number of benzene rings is 1. The van der Waals surface area contributed by atoms with Gasteiger partial charge in [0.2, 0.25) is 11.7 Å². The van der Waals surface area contributed by atoms with Crippen molar-refractivity contribution in [2.75, 3.05) is 7.11 Å². The summed E-state index contributed by atoms with van der Waals surface area (Å²) in [4.78, 5) is 16.6. The second-order valence-electron chi connectivity index (χ2n) is 5.33. The summed E-state index contributed by atoms with van der Waals surface area (Å²) in [5, 5.41) is 8.75. The fourth-order valence-electron chi connectivity index (χ4n) is 2.37. The van der Waals surface area contributed by atoms with Gasteiger partial charge in [0.25, 0.3) is 0 Å². The molecule has 0 aliphatic carbocycles. The Morgan fingerprint density at radius 2 is 1.93 bits per heavy atom. The SMILES string of the molecule is COc1ncc(Cc2cnc(C#N)nc2)nc1-c1cccc(OC(F)F)c1. The molecule has 2 aromatic heterocycles. The highest BCUT2D eigenvalue weighted by molar-refractivity contribution is 5.66. The molecule has 0 saturated heterocycles. The number of hydrogen-bond acceptors (Lipinski definition) is 7. The molecular weight excluding hydrogens is 356 g/mol. The number of nitrogens with zero attached hydrogens (tertiary/aromatic N) is 5. The third-order valence-corrected chi connectivity index (χ3v) is 3.51. The molecule has 0 bridgehead atoms. The maximum atomic E-state index is 12.5. The van der Waals surface area contributed by atoms with E-state index in [1.54, 1.807) is 18.3 Å². The summed E-state index contributed by atoms with van der Waals surface area (Å²) in [7, 11) is 1.45. The van der Waals surface area contributed by atoms with E-state index >= 15 is 0 Å². The summed E-state index contributed by atoms with van der Waals surface area (Å²) in [6.07, 6.45) is 4.99. The number of aromatic nitrogens is 4. The monoisotopic (exact) mass is 369 g/mol. The van der Waals surface area contributed by atoms with Crippen LogP contribution in [0, 0.1) is 11.3 Å². The summed E-state index contributed by atoms with van der Waals surface area (Å²) in [5.74, 6) is 0.345. The minimum absolute atomic E-state index is 0.0113. The van der Waals surface area contributed by atoms with Gasteiger partial charge in [-0.3, -0.25) is 0 Å². The van der Waals surface area contributed by atoms with E-state index in [-0.39, 0.29) is 17.5 Å². The van der Waals surface area contributed by atoms with Crippen molar-refractivity contribution in [3.63, 3.8) is 0 Å². The number of nitriles is 1. The van der Waals surface area contributed by atoms with Crippen LogP contribution in [0.5, 0.6) is 11.6 Å². The topological polar surface area (TPSA) is 93.8 Å². The predicted molar refractivity (Wildman–Crippen MR) is 90.2 cm³/mol. The molecule has 3 rings (SSSR count). The van der Waals surface area contributed by atoms with Gasteiger partial charge in [0, 0.05) is 24.4 Å². The van der Waals surface area contributed by atoms with Gasteiger partial charge < -0.3 is 9.47 Å². The summed E-state index contributed by atoms with van der Waals surface area (Å²) in [6.45, 7) is -2.92. The van der Waals surface area contributed by atoms with Crippen LogP contribution >= 0.6 is 0 Å². The number of methoxy groups -OCH3 is 1. The molecule has 136 valence electrons. The predicted octanol–water partition coefficient (Wildman–Crippen LogP) is 3.01. The molecule has 1 aromatic carbocycles. The van der Waals surface area contributed by atoms with Crippen LogP contribution in [0.4, 0.5) is 8.78 Å². The van der Waals surface area contributed by atoms with E-state index in [0.29, 0.717) is 23.4 Å². The number of alkyl halides is 2. The second-order valence-corrected chi connectivity index (χ2v) is 5.33. The van der Waals surface area contributed by atoms with Gasteiger partial charge in [-0.2, -0.15) is 14.0 Å². The Bertz CT molecular complexity index is 974. The molecule has 0 amide bonds. The van der Waals surface area contributed by atoms with E-state index < -0.39 is 6.61 Å². The number of halogens is 2. The van der Waals surface area contributed by atoms with Crippen molar-refractivity contribution in [3.05, 3.63) is 59.9 Å². The van der Waals surface area contributed by atoms with Crippen molar-refractivity contribution in [2.24, 2.45) is 0 Å². The Morgan fingerprint density at radius 1 is 1.15 bits per heavy atom. The van der Waals surface area contributed by atoms with Gasteiger partial charge in [-0.15, -0.1) is 0 Å². The van der Waals surface area contributed by atoms with E-state index in [2.05, 4.69) is 24.7 Å². The van der Waals surface area contributed by atoms with E-state index in [0.717, 1.165) is 5.56 Å². The first-order valence-electron chi connectivity index (χ1n) is 7.75. The van der Waals surface area contributed by atoms with Gasteiger partial charge in [0.05, 0.1) is 19.0 Å². The minimum Gasteiger partial charge on any atom is -0.479 e. The molecule has 3 aromatic rings. The molecule has 0 unspecified atom stereocenters. The standard InChI is InChI=1S/C18H13F2N5O2/c1-26-17-16(12-3-2-4-14(6-12)27-18(19)20)25-13(10-24-17)5-11-8-22-15(7-21)23-9-11/h2-4,6,8-10,18H,5H2,1H3. The third kappa shape index (κ3) is 4.49. The molecule has 0 atom stereocenters. The van der Waals surface area contributed by atoms with Crippen LogP contribution in [-0.2, 0) is 6.42 Å². The lowest BCUT2D eigenvalue weighted by atomic mass is 10.1. The van der Waals surface area contributed by atoms with Crippen molar-refractivity contribution in [3.8, 4) is 29.0 Å². The first kappa shape index (κ1) is 18.1. The Hall–Kier alpha value is -3.67. The summed E-state index contributed by atoms with van der Waals surface area (Å²) >= 11 is 0. The maximum absolute atomic E-state index is 12.5. The Morgan fingerprint density at radius 3 is 2.59 bits per heavy atom. The molecule has 0 N–H and O–H groups in total. The van der Waals surface area contributed by atoms with Crippen molar-refractivity contribution < 1.29 is 18.3 Å². The molecule has 7 nitrogen and oxygen atoms in total. The van der Waals surface area contributed by atoms with Gasteiger partial charge in [-0.05, 0) is 17.7 Å². The van der Waals surface area contributed by atoms with Gasteiger partial charge >= 0.3 is 6.61 Å². The lowest BCUT2D eigenvalue weighted by Gasteiger charge is -2.11. The lowest BCUT2D eigenvalue weighted by Crippen LogP contribution is -2.03. The zero-order chi connectivity index (χ0) is 19.2. The van der Waals surface area contributed by atoms with Gasteiger partial charge in [0.1, 0.15) is 17.5 Å². The molecule has 0 aliphatic rings. The molecule has 0 saturated carbocycles. The highest BCUT2D eigenvalue weighted by Crippen LogP contribution is 2.29. The average Bonchev–Trinajstić information content (AvgIpc) is 2.68. The smallest absolute Gasteiger partial charge is 0.387 e. The van der Waals surface area contributed by atoms with Crippen LogP contribution in [0.3, 0.4) is 0 Å². The zero-order valence-corrected chi connectivity index (χ0v) is 14.1. The first-order valence-corrected chi connectivity index (χ1v) is 7.75. The fourth-order valence-corrected chi connectivity index (χ4v) is 2.37. The maximum Gasteiger partial charge on any atom is 0.387 e. The van der Waals surface area contributed by atoms with Crippen LogP contribution in [0.2, 0.25) is 0 Å². The van der Waals surface area contributed by atoms with Gasteiger partial charge in [0.15, 0.2) is 0 Å². The Labute approximate surface area is 153 Å². The van der Waals surface area contributed by atoms with Crippen molar-refractivity contribution in [2.45, 2.75) is 13.0 Å². The zero-order valence-electron chi connectivity index (χ0n) is 14.1. The first-order chi connectivity index (χ1) is 13.1. The molecule has 27 heavy (non-hydrogen) atoms. The van der Waals surface area contributed by atoms with Crippen molar-refractivity contribution >= 4 is 0 Å². The number of hydrogen-bond donors (Lipinski definition) is 0. The molecule has 0 spiro atoms. The van der Waals surface area contributed by atoms with Crippen LogP contribution in [0.15, 0.2) is 42.9 Å². The largest absolute Gasteiger partial charge is 0.479 e. The number of rotatable bonds is 6. The normalized spacial score (nSPS) is 10.5. The fraction of sp³-hybridized carbons (Fsp3) is 0.167. The van der Waals surface area contributed by atoms with E-state index in [4.69, 9.17) is 10.00 Å². The summed E-state index contributed by atoms with van der Waals surface area (Å²) < 4.78 is 34.6. The lowest BCUT2D eigenvalue weighted by molar-refractivity contribution is -0.0498. The quantitative estimate of drug-likeness (QED) is 0.659.